The van der Waals surface area contributed by atoms with Crippen molar-refractivity contribution in [2.45, 2.75) is 6.92 Å². The molecule has 0 spiro atoms. The van der Waals surface area contributed by atoms with Gasteiger partial charge in [0.1, 0.15) is 17.0 Å². The maximum Gasteiger partial charge on any atom is 0.341 e. The molecule has 2 aromatic heterocycles. The number of aryl methyl sites for hydroxylation is 1. The standard InChI is InChI=1S/C20H20N4O5S/c1-6-12-29-20(25)14-11-10-13(2)21-17(14)19-22-18-15(8-7-9-16(18)28-5)24(19)30(26,27)23(3)4/h1,7-11H,12H2,2-5H3. The second kappa shape index (κ2) is 8.14. The van der Waals surface area contributed by atoms with Crippen molar-refractivity contribution in [3.8, 4) is 29.6 Å². The fraction of sp³-hybridized carbons (Fsp3) is 0.250. The van der Waals surface area contributed by atoms with E-state index in [2.05, 4.69) is 15.9 Å². The minimum Gasteiger partial charge on any atom is -0.494 e. The molecule has 0 saturated carbocycles. The highest BCUT2D eigenvalue weighted by Crippen LogP contribution is 2.33. The average Bonchev–Trinajstić information content (AvgIpc) is 3.12. The van der Waals surface area contributed by atoms with Gasteiger partial charge in [-0.25, -0.2) is 18.7 Å². The van der Waals surface area contributed by atoms with E-state index in [9.17, 15) is 13.2 Å². The smallest absolute Gasteiger partial charge is 0.341 e. The first-order valence-corrected chi connectivity index (χ1v) is 10.2. The predicted molar refractivity (Wildman–Crippen MR) is 111 cm³/mol. The molecule has 1 aromatic carbocycles. The van der Waals surface area contributed by atoms with Crippen LogP contribution in [0, 0.1) is 19.3 Å². The summed E-state index contributed by atoms with van der Waals surface area (Å²) in [5.41, 5.74) is 1.25. The summed E-state index contributed by atoms with van der Waals surface area (Å²) >= 11 is 0. The van der Waals surface area contributed by atoms with E-state index < -0.39 is 16.2 Å². The van der Waals surface area contributed by atoms with Crippen LogP contribution in [0.1, 0.15) is 16.1 Å². The fourth-order valence-corrected chi connectivity index (χ4v) is 3.91. The summed E-state index contributed by atoms with van der Waals surface area (Å²) in [6.07, 6.45) is 5.17. The number of carbonyl (C=O) groups is 1. The number of methoxy groups -OCH3 is 1. The predicted octanol–water partition coefficient (Wildman–Crippen LogP) is 1.86. The second-order valence-corrected chi connectivity index (χ2v) is 8.44. The third-order valence-electron chi connectivity index (χ3n) is 4.27. The molecule has 0 bridgehead atoms. The summed E-state index contributed by atoms with van der Waals surface area (Å²) in [6.45, 7) is 1.49. The first kappa shape index (κ1) is 21.3. The van der Waals surface area contributed by atoms with Gasteiger partial charge >= 0.3 is 16.2 Å². The van der Waals surface area contributed by atoms with Crippen LogP contribution in [-0.2, 0) is 14.9 Å². The number of aromatic nitrogens is 3. The van der Waals surface area contributed by atoms with Gasteiger partial charge in [0.25, 0.3) is 0 Å². The number of nitrogens with zero attached hydrogens (tertiary/aromatic N) is 4. The van der Waals surface area contributed by atoms with Crippen molar-refractivity contribution in [3.63, 3.8) is 0 Å². The summed E-state index contributed by atoms with van der Waals surface area (Å²) < 4.78 is 38.8. The second-order valence-electron chi connectivity index (χ2n) is 6.45. The molecular formula is C20H20N4O5S. The minimum absolute atomic E-state index is 0.0420. The van der Waals surface area contributed by atoms with Crippen molar-refractivity contribution in [2.75, 3.05) is 27.8 Å². The molecule has 3 aromatic rings. The number of para-hydroxylation sites is 1. The zero-order chi connectivity index (χ0) is 22.1. The number of imidazole rings is 1. The fourth-order valence-electron chi connectivity index (χ4n) is 2.84. The van der Waals surface area contributed by atoms with Crippen LogP contribution in [0.2, 0.25) is 0 Å². The Morgan fingerprint density at radius 1 is 1.23 bits per heavy atom. The van der Waals surface area contributed by atoms with E-state index in [0.29, 0.717) is 17.0 Å². The summed E-state index contributed by atoms with van der Waals surface area (Å²) in [7, 11) is 0.230. The number of hydrogen-bond acceptors (Lipinski definition) is 7. The SMILES string of the molecule is C#CCOC(=O)c1ccc(C)nc1-c1nc2c(OC)cccc2n1S(=O)(=O)N(C)C. The molecule has 30 heavy (non-hydrogen) atoms. The molecule has 156 valence electrons. The molecule has 3 rings (SSSR count). The Balaban J connectivity index is 2.41. The lowest BCUT2D eigenvalue weighted by molar-refractivity contribution is 0.0557. The van der Waals surface area contributed by atoms with E-state index in [1.807, 2.05) is 0 Å². The van der Waals surface area contributed by atoms with Crippen molar-refractivity contribution in [1.29, 1.82) is 0 Å². The Labute approximate surface area is 174 Å². The van der Waals surface area contributed by atoms with Crippen molar-refractivity contribution in [2.24, 2.45) is 0 Å². The van der Waals surface area contributed by atoms with E-state index in [4.69, 9.17) is 15.9 Å². The number of terminal acetylenes is 1. The molecular weight excluding hydrogens is 408 g/mol. The van der Waals surface area contributed by atoms with Crippen molar-refractivity contribution in [1.82, 2.24) is 18.2 Å². The first-order valence-electron chi connectivity index (χ1n) is 8.79. The molecule has 0 aliphatic carbocycles. The van der Waals surface area contributed by atoms with E-state index in [-0.39, 0.29) is 29.2 Å². The third-order valence-corrected chi connectivity index (χ3v) is 6.03. The number of benzene rings is 1. The molecule has 0 saturated heterocycles. The highest BCUT2D eigenvalue weighted by Gasteiger charge is 2.30. The molecule has 0 amide bonds. The van der Waals surface area contributed by atoms with E-state index >= 15 is 0 Å². The van der Waals surface area contributed by atoms with Crippen LogP contribution in [-0.4, -0.2) is 60.4 Å². The Bertz CT molecular complexity index is 1270. The highest BCUT2D eigenvalue weighted by atomic mass is 32.2. The van der Waals surface area contributed by atoms with Crippen LogP contribution in [0.5, 0.6) is 5.75 Å². The molecule has 0 atom stereocenters. The highest BCUT2D eigenvalue weighted by molar-refractivity contribution is 7.87. The molecule has 0 fully saturated rings. The van der Waals surface area contributed by atoms with Gasteiger partial charge in [-0.2, -0.15) is 12.7 Å². The number of carbonyl (C=O) groups excluding carboxylic acids is 1. The van der Waals surface area contributed by atoms with Crippen LogP contribution >= 0.6 is 0 Å². The van der Waals surface area contributed by atoms with Crippen LogP contribution in [0.25, 0.3) is 22.6 Å². The first-order chi connectivity index (χ1) is 14.2. The quantitative estimate of drug-likeness (QED) is 0.436. The average molecular weight is 428 g/mol. The number of esters is 1. The monoisotopic (exact) mass is 428 g/mol. The van der Waals surface area contributed by atoms with Gasteiger partial charge in [-0.3, -0.25) is 0 Å². The molecule has 0 radical (unpaired) electrons. The molecule has 0 aliphatic heterocycles. The lowest BCUT2D eigenvalue weighted by Gasteiger charge is -2.16. The van der Waals surface area contributed by atoms with Crippen molar-refractivity contribution >= 4 is 27.2 Å². The van der Waals surface area contributed by atoms with E-state index in [0.717, 1.165) is 8.28 Å². The van der Waals surface area contributed by atoms with Crippen molar-refractivity contribution < 1.29 is 22.7 Å². The summed E-state index contributed by atoms with van der Waals surface area (Å²) in [5, 5.41) is 0. The van der Waals surface area contributed by atoms with E-state index in [1.54, 1.807) is 31.2 Å². The maximum absolute atomic E-state index is 13.2. The van der Waals surface area contributed by atoms with Crippen LogP contribution in [0.4, 0.5) is 0 Å². The zero-order valence-corrected chi connectivity index (χ0v) is 17.7. The molecule has 9 nitrogen and oxygen atoms in total. The number of ether oxygens (including phenoxy) is 2. The minimum atomic E-state index is -4.03. The summed E-state index contributed by atoms with van der Waals surface area (Å²) in [4.78, 5) is 21.4. The Morgan fingerprint density at radius 2 is 1.97 bits per heavy atom. The van der Waals surface area contributed by atoms with Gasteiger partial charge in [0.2, 0.25) is 0 Å². The largest absolute Gasteiger partial charge is 0.494 e. The van der Waals surface area contributed by atoms with Gasteiger partial charge in [0.05, 0.1) is 18.2 Å². The number of pyridine rings is 1. The molecule has 0 N–H and O–H groups in total. The van der Waals surface area contributed by atoms with Crippen LogP contribution in [0.3, 0.4) is 0 Å². The van der Waals surface area contributed by atoms with Gasteiger partial charge in [0, 0.05) is 19.8 Å². The lowest BCUT2D eigenvalue weighted by Crippen LogP contribution is -2.29. The van der Waals surface area contributed by atoms with Gasteiger partial charge in [-0.1, -0.05) is 12.0 Å². The third kappa shape index (κ3) is 3.60. The van der Waals surface area contributed by atoms with Crippen LogP contribution < -0.4 is 4.74 Å². The summed E-state index contributed by atoms with van der Waals surface area (Å²) in [6, 6.07) is 8.03. The summed E-state index contributed by atoms with van der Waals surface area (Å²) in [5.74, 6) is 1.83. The van der Waals surface area contributed by atoms with Gasteiger partial charge in [0.15, 0.2) is 12.4 Å². The normalized spacial score (nSPS) is 11.5. The zero-order valence-electron chi connectivity index (χ0n) is 16.9. The topological polar surface area (TPSA) is 104 Å². The molecule has 0 unspecified atom stereocenters. The van der Waals surface area contributed by atoms with Crippen molar-refractivity contribution in [3.05, 3.63) is 41.6 Å². The Morgan fingerprint density at radius 3 is 2.60 bits per heavy atom. The van der Waals surface area contributed by atoms with Gasteiger partial charge in [-0.05, 0) is 31.2 Å². The Hall–Kier alpha value is -3.42. The number of fused-ring (bicyclic) bond motifs is 1. The van der Waals surface area contributed by atoms with Gasteiger partial charge < -0.3 is 9.47 Å². The maximum atomic E-state index is 13.2. The molecule has 2 heterocycles. The van der Waals surface area contributed by atoms with E-state index in [1.165, 1.54) is 27.3 Å². The van der Waals surface area contributed by atoms with Gasteiger partial charge in [-0.15, -0.1) is 6.42 Å². The molecule has 10 heteroatoms. The lowest BCUT2D eigenvalue weighted by atomic mass is 10.1. The van der Waals surface area contributed by atoms with Crippen LogP contribution in [0.15, 0.2) is 30.3 Å². The molecule has 0 aliphatic rings. The number of hydrogen-bond donors (Lipinski definition) is 0. The number of rotatable bonds is 6. The Kier molecular flexibility index (Phi) is 5.78.